The molecule has 8 nitrogen and oxygen atoms in total. The molecule has 0 fully saturated rings. The van der Waals surface area contributed by atoms with Crippen LogP contribution in [0, 0.1) is 6.92 Å². The fraction of sp³-hybridized carbons (Fsp3) is 0.0833. The van der Waals surface area contributed by atoms with Gasteiger partial charge in [0.05, 0.1) is 12.5 Å². The summed E-state index contributed by atoms with van der Waals surface area (Å²) in [6.45, 7) is 1.79. The van der Waals surface area contributed by atoms with Crippen molar-refractivity contribution < 1.29 is 8.42 Å². The van der Waals surface area contributed by atoms with Crippen molar-refractivity contribution in [1.82, 2.24) is 25.1 Å². The Morgan fingerprint density at radius 2 is 2.14 bits per heavy atom. The van der Waals surface area contributed by atoms with Gasteiger partial charge in [-0.05, 0) is 19.1 Å². The molecule has 0 saturated carbocycles. The number of aromatic amines is 2. The maximum atomic E-state index is 12.1. The van der Waals surface area contributed by atoms with E-state index in [1.54, 1.807) is 31.2 Å². The van der Waals surface area contributed by atoms with Crippen molar-refractivity contribution >= 4 is 15.7 Å². The normalized spacial score (nSPS) is 11.5. The molecule has 0 aliphatic rings. The number of anilines is 1. The van der Waals surface area contributed by atoms with E-state index in [-0.39, 0.29) is 5.03 Å². The smallest absolute Gasteiger partial charge is 0.278 e. The van der Waals surface area contributed by atoms with Crippen LogP contribution in [0.2, 0.25) is 0 Å². The number of rotatable bonds is 4. The van der Waals surface area contributed by atoms with E-state index in [0.29, 0.717) is 22.9 Å². The van der Waals surface area contributed by atoms with Crippen LogP contribution in [0.1, 0.15) is 5.82 Å². The van der Waals surface area contributed by atoms with Crippen LogP contribution < -0.4 is 4.72 Å². The van der Waals surface area contributed by atoms with E-state index in [1.165, 1.54) is 12.5 Å². The van der Waals surface area contributed by atoms with Crippen molar-refractivity contribution in [3.63, 3.8) is 0 Å². The molecule has 0 bridgehead atoms. The molecule has 0 unspecified atom stereocenters. The van der Waals surface area contributed by atoms with Gasteiger partial charge in [-0.3, -0.25) is 9.82 Å². The Bertz CT molecular complexity index is 854. The minimum Gasteiger partial charge on any atom is -0.334 e. The third-order valence-corrected chi connectivity index (χ3v) is 4.04. The summed E-state index contributed by atoms with van der Waals surface area (Å²) in [5.41, 5.74) is 1.13. The molecule has 3 aromatic rings. The molecule has 0 radical (unpaired) electrons. The van der Waals surface area contributed by atoms with Crippen molar-refractivity contribution in [1.29, 1.82) is 0 Å². The molecule has 9 heteroatoms. The first-order valence-electron chi connectivity index (χ1n) is 6.05. The Balaban J connectivity index is 1.91. The van der Waals surface area contributed by atoms with Gasteiger partial charge >= 0.3 is 0 Å². The molecule has 108 valence electrons. The molecule has 1 aromatic carbocycles. The van der Waals surface area contributed by atoms with Crippen molar-refractivity contribution in [2.75, 3.05) is 4.72 Å². The van der Waals surface area contributed by atoms with E-state index in [0.717, 1.165) is 0 Å². The highest BCUT2D eigenvalue weighted by Crippen LogP contribution is 2.21. The van der Waals surface area contributed by atoms with Gasteiger partial charge in [-0.25, -0.2) is 9.97 Å². The number of aromatic nitrogens is 5. The minimum atomic E-state index is -3.68. The van der Waals surface area contributed by atoms with Crippen LogP contribution >= 0.6 is 0 Å². The summed E-state index contributed by atoms with van der Waals surface area (Å²) < 4.78 is 26.7. The Kier molecular flexibility index (Phi) is 3.18. The third kappa shape index (κ3) is 2.77. The number of hydrogen-bond donors (Lipinski definition) is 3. The van der Waals surface area contributed by atoms with Crippen LogP contribution in [0.5, 0.6) is 0 Å². The zero-order chi connectivity index (χ0) is 14.9. The second-order valence-corrected chi connectivity index (χ2v) is 6.00. The quantitative estimate of drug-likeness (QED) is 0.672. The van der Waals surface area contributed by atoms with Gasteiger partial charge in [-0.15, -0.1) is 0 Å². The topological polar surface area (TPSA) is 116 Å². The molecule has 0 amide bonds. The van der Waals surface area contributed by atoms with Crippen LogP contribution in [-0.4, -0.2) is 33.6 Å². The number of sulfonamides is 1. The monoisotopic (exact) mass is 304 g/mol. The molecule has 2 heterocycles. The number of benzene rings is 1. The number of nitrogens with one attached hydrogen (secondary N) is 3. The van der Waals surface area contributed by atoms with Crippen LogP contribution in [0.3, 0.4) is 0 Å². The lowest BCUT2D eigenvalue weighted by atomic mass is 10.2. The lowest BCUT2D eigenvalue weighted by Crippen LogP contribution is -2.13. The van der Waals surface area contributed by atoms with Gasteiger partial charge in [0.15, 0.2) is 10.9 Å². The van der Waals surface area contributed by atoms with Crippen LogP contribution in [0.25, 0.3) is 11.4 Å². The SMILES string of the molecule is Cc1nc(-c2cccc(NS(=O)(=O)c3cnc[nH]3)c2)n[nH]1. The van der Waals surface area contributed by atoms with E-state index in [4.69, 9.17) is 0 Å². The second-order valence-electron chi connectivity index (χ2n) is 4.35. The summed E-state index contributed by atoms with van der Waals surface area (Å²) in [5.74, 6) is 1.20. The van der Waals surface area contributed by atoms with E-state index in [1.807, 2.05) is 0 Å². The highest BCUT2D eigenvalue weighted by atomic mass is 32.2. The zero-order valence-corrected chi connectivity index (χ0v) is 11.8. The average Bonchev–Trinajstić information content (AvgIpc) is 3.09. The van der Waals surface area contributed by atoms with Crippen molar-refractivity contribution in [3.05, 3.63) is 42.6 Å². The van der Waals surface area contributed by atoms with Crippen LogP contribution in [0.4, 0.5) is 5.69 Å². The first-order chi connectivity index (χ1) is 10.0. The predicted molar refractivity (Wildman–Crippen MR) is 76.0 cm³/mol. The standard InChI is InChI=1S/C12H12N6O2S/c1-8-15-12(17-16-8)9-3-2-4-10(5-9)18-21(19,20)11-6-13-7-14-11/h2-7,18H,1H3,(H,13,14)(H,15,16,17). The van der Waals surface area contributed by atoms with Gasteiger partial charge in [0.2, 0.25) is 0 Å². The Morgan fingerprint density at radius 3 is 2.81 bits per heavy atom. The third-order valence-electron chi connectivity index (χ3n) is 2.73. The average molecular weight is 304 g/mol. The minimum absolute atomic E-state index is 0.00152. The molecular formula is C12H12N6O2S. The Hall–Kier alpha value is -2.68. The van der Waals surface area contributed by atoms with Gasteiger partial charge in [0, 0.05) is 11.3 Å². The zero-order valence-electron chi connectivity index (χ0n) is 11.0. The Labute approximate surface area is 120 Å². The molecule has 2 aromatic heterocycles. The lowest BCUT2D eigenvalue weighted by molar-refractivity contribution is 0.598. The summed E-state index contributed by atoms with van der Waals surface area (Å²) >= 11 is 0. The summed E-state index contributed by atoms with van der Waals surface area (Å²) in [6.07, 6.45) is 2.55. The largest absolute Gasteiger partial charge is 0.334 e. The lowest BCUT2D eigenvalue weighted by Gasteiger charge is -2.06. The molecule has 3 rings (SSSR count). The number of H-pyrrole nitrogens is 2. The molecule has 21 heavy (non-hydrogen) atoms. The molecule has 0 spiro atoms. The fourth-order valence-electron chi connectivity index (χ4n) is 1.79. The van der Waals surface area contributed by atoms with E-state index >= 15 is 0 Å². The number of hydrogen-bond acceptors (Lipinski definition) is 5. The van der Waals surface area contributed by atoms with Crippen molar-refractivity contribution in [3.8, 4) is 11.4 Å². The van der Waals surface area contributed by atoms with Gasteiger partial charge in [-0.2, -0.15) is 13.5 Å². The summed E-state index contributed by atoms with van der Waals surface area (Å²) in [4.78, 5) is 10.5. The van der Waals surface area contributed by atoms with E-state index in [9.17, 15) is 8.42 Å². The van der Waals surface area contributed by atoms with Crippen molar-refractivity contribution in [2.24, 2.45) is 0 Å². The number of aryl methyl sites for hydroxylation is 1. The highest BCUT2D eigenvalue weighted by molar-refractivity contribution is 7.92. The summed E-state index contributed by atoms with van der Waals surface area (Å²) in [7, 11) is -3.68. The second kappa shape index (κ2) is 5.02. The predicted octanol–water partition coefficient (Wildman–Crippen LogP) is 1.30. The van der Waals surface area contributed by atoms with Crippen LogP contribution in [-0.2, 0) is 10.0 Å². The number of nitrogens with zero attached hydrogens (tertiary/aromatic N) is 3. The maximum Gasteiger partial charge on any atom is 0.278 e. The van der Waals surface area contributed by atoms with Gasteiger partial charge in [0.25, 0.3) is 10.0 Å². The summed E-state index contributed by atoms with van der Waals surface area (Å²) in [5, 5.41) is 6.79. The van der Waals surface area contributed by atoms with Crippen molar-refractivity contribution in [2.45, 2.75) is 11.9 Å². The molecule has 0 aliphatic heterocycles. The maximum absolute atomic E-state index is 12.1. The van der Waals surface area contributed by atoms with Gasteiger partial charge in [0.1, 0.15) is 5.82 Å². The fourth-order valence-corrected chi connectivity index (χ4v) is 2.75. The summed E-state index contributed by atoms with van der Waals surface area (Å²) in [6, 6.07) is 6.84. The number of imidazole rings is 1. The van der Waals surface area contributed by atoms with Gasteiger partial charge in [-0.1, -0.05) is 12.1 Å². The highest BCUT2D eigenvalue weighted by Gasteiger charge is 2.16. The van der Waals surface area contributed by atoms with E-state index < -0.39 is 10.0 Å². The van der Waals surface area contributed by atoms with Gasteiger partial charge < -0.3 is 4.98 Å². The molecule has 0 aliphatic carbocycles. The first kappa shape index (κ1) is 13.3. The first-order valence-corrected chi connectivity index (χ1v) is 7.53. The van der Waals surface area contributed by atoms with Crippen LogP contribution in [0.15, 0.2) is 41.8 Å². The Morgan fingerprint density at radius 1 is 1.29 bits per heavy atom. The van der Waals surface area contributed by atoms with E-state index in [2.05, 4.69) is 29.9 Å². The molecule has 3 N–H and O–H groups in total. The molecule has 0 saturated heterocycles. The molecule has 0 atom stereocenters. The molecular weight excluding hydrogens is 292 g/mol.